The molecule has 3 aromatic rings. The average molecular weight is 361 g/mol. The molecule has 0 atom stereocenters. The van der Waals surface area contributed by atoms with Gasteiger partial charge in [-0.15, -0.1) is 0 Å². The molecule has 27 heavy (non-hydrogen) atoms. The smallest absolute Gasteiger partial charge is 0.251 e. The number of rotatable bonds is 4. The average Bonchev–Trinajstić information content (AvgIpc) is 3.16. The normalized spacial score (nSPS) is 15.0. The Morgan fingerprint density at radius 2 is 1.70 bits per heavy atom. The fourth-order valence-electron chi connectivity index (χ4n) is 3.83. The molecule has 2 aromatic carbocycles. The number of benzene rings is 2. The zero-order valence-electron chi connectivity index (χ0n) is 15.2. The van der Waals surface area contributed by atoms with Crippen molar-refractivity contribution in [2.45, 2.75) is 18.8 Å². The highest BCUT2D eigenvalue weighted by atomic mass is 16.2. The summed E-state index contributed by atoms with van der Waals surface area (Å²) in [6.45, 7) is 1.50. The zero-order valence-corrected chi connectivity index (χ0v) is 15.2. The highest BCUT2D eigenvalue weighted by Gasteiger charge is 2.25. The summed E-state index contributed by atoms with van der Waals surface area (Å²) < 4.78 is 0. The van der Waals surface area contributed by atoms with Crippen molar-refractivity contribution in [2.75, 3.05) is 19.6 Å². The van der Waals surface area contributed by atoms with Crippen LogP contribution in [0.4, 0.5) is 0 Å². The molecule has 4 rings (SSSR count). The molecule has 1 saturated heterocycles. The van der Waals surface area contributed by atoms with Crippen molar-refractivity contribution in [1.29, 1.82) is 0 Å². The maximum absolute atomic E-state index is 12.4. The van der Waals surface area contributed by atoms with E-state index in [4.69, 9.17) is 0 Å². The number of fused-ring (bicyclic) bond motifs is 1. The van der Waals surface area contributed by atoms with Gasteiger partial charge < -0.3 is 15.2 Å². The monoisotopic (exact) mass is 361 g/mol. The fraction of sp³-hybridized carbons (Fsp3) is 0.273. The summed E-state index contributed by atoms with van der Waals surface area (Å²) in [7, 11) is 0. The predicted octanol–water partition coefficient (Wildman–Crippen LogP) is 3.30. The van der Waals surface area contributed by atoms with E-state index in [0.717, 1.165) is 31.4 Å². The minimum Gasteiger partial charge on any atom is -0.361 e. The number of nitrogens with zero attached hydrogens (tertiary/aromatic N) is 1. The van der Waals surface area contributed by atoms with Gasteiger partial charge in [-0.25, -0.2) is 0 Å². The third kappa shape index (κ3) is 3.72. The van der Waals surface area contributed by atoms with Crippen LogP contribution in [0.15, 0.2) is 60.8 Å². The number of para-hydroxylation sites is 1. The van der Waals surface area contributed by atoms with Crippen molar-refractivity contribution in [1.82, 2.24) is 15.2 Å². The molecule has 0 unspecified atom stereocenters. The Bertz CT molecular complexity index is 940. The predicted molar refractivity (Wildman–Crippen MR) is 106 cm³/mol. The third-order valence-electron chi connectivity index (χ3n) is 5.34. The second kappa shape index (κ2) is 7.66. The number of aromatic nitrogens is 1. The quantitative estimate of drug-likeness (QED) is 0.749. The third-order valence-corrected chi connectivity index (χ3v) is 5.34. The molecule has 0 saturated carbocycles. The molecule has 1 fully saturated rings. The first-order valence-corrected chi connectivity index (χ1v) is 9.39. The Labute approximate surface area is 158 Å². The molecule has 2 amide bonds. The molecule has 0 radical (unpaired) electrons. The van der Waals surface area contributed by atoms with Gasteiger partial charge in [0, 0.05) is 35.8 Å². The zero-order chi connectivity index (χ0) is 18.6. The summed E-state index contributed by atoms with van der Waals surface area (Å²) >= 11 is 0. The Kier molecular flexibility index (Phi) is 4.92. The van der Waals surface area contributed by atoms with Crippen LogP contribution in [0.5, 0.6) is 0 Å². The molecule has 0 bridgehead atoms. The van der Waals surface area contributed by atoms with E-state index in [0.29, 0.717) is 11.5 Å². The van der Waals surface area contributed by atoms with E-state index in [9.17, 15) is 9.59 Å². The lowest BCUT2D eigenvalue weighted by molar-refractivity contribution is -0.131. The lowest BCUT2D eigenvalue weighted by Crippen LogP contribution is -2.43. The molecule has 5 nitrogen and oxygen atoms in total. The lowest BCUT2D eigenvalue weighted by Gasteiger charge is -2.32. The van der Waals surface area contributed by atoms with Crippen LogP contribution in [0.2, 0.25) is 0 Å². The van der Waals surface area contributed by atoms with Crippen molar-refractivity contribution in [3.8, 4) is 0 Å². The molecular weight excluding hydrogens is 338 g/mol. The van der Waals surface area contributed by atoms with Gasteiger partial charge in [0.25, 0.3) is 5.91 Å². The topological polar surface area (TPSA) is 65.2 Å². The van der Waals surface area contributed by atoms with E-state index in [1.165, 1.54) is 10.9 Å². The minimum atomic E-state index is -0.211. The maximum atomic E-state index is 12.4. The van der Waals surface area contributed by atoms with Crippen LogP contribution in [0.3, 0.4) is 0 Å². The van der Waals surface area contributed by atoms with Crippen molar-refractivity contribution >= 4 is 22.7 Å². The van der Waals surface area contributed by atoms with Gasteiger partial charge >= 0.3 is 0 Å². The number of hydrogen-bond acceptors (Lipinski definition) is 2. The van der Waals surface area contributed by atoms with Gasteiger partial charge in [0.15, 0.2) is 0 Å². The Morgan fingerprint density at radius 1 is 1.00 bits per heavy atom. The first kappa shape index (κ1) is 17.3. The first-order valence-electron chi connectivity index (χ1n) is 9.39. The molecular formula is C22H23N3O2. The van der Waals surface area contributed by atoms with E-state index in [1.807, 2.05) is 29.2 Å². The molecule has 1 aliphatic heterocycles. The number of nitrogens with one attached hydrogen (secondary N) is 2. The minimum absolute atomic E-state index is 0.0170. The number of piperidine rings is 1. The van der Waals surface area contributed by atoms with Gasteiger partial charge in [0.05, 0.1) is 6.54 Å². The van der Waals surface area contributed by atoms with Gasteiger partial charge in [-0.2, -0.15) is 0 Å². The van der Waals surface area contributed by atoms with Gasteiger partial charge in [0.1, 0.15) is 0 Å². The Hall–Kier alpha value is -3.08. The van der Waals surface area contributed by atoms with E-state index < -0.39 is 0 Å². The summed E-state index contributed by atoms with van der Waals surface area (Å²) in [6, 6.07) is 17.3. The number of aromatic amines is 1. The van der Waals surface area contributed by atoms with Gasteiger partial charge in [-0.1, -0.05) is 36.4 Å². The van der Waals surface area contributed by atoms with E-state index >= 15 is 0 Å². The van der Waals surface area contributed by atoms with Gasteiger partial charge in [0.2, 0.25) is 5.91 Å². The number of carbonyl (C=O) groups is 2. The molecule has 138 valence electrons. The molecule has 5 heteroatoms. The summed E-state index contributed by atoms with van der Waals surface area (Å²) in [5.41, 5.74) is 3.08. The van der Waals surface area contributed by atoms with Crippen LogP contribution in [-0.4, -0.2) is 41.3 Å². The highest BCUT2D eigenvalue weighted by molar-refractivity contribution is 5.96. The molecule has 1 aliphatic rings. The van der Waals surface area contributed by atoms with Crippen LogP contribution >= 0.6 is 0 Å². The number of H-pyrrole nitrogens is 1. The largest absolute Gasteiger partial charge is 0.361 e. The second-order valence-corrected chi connectivity index (χ2v) is 6.99. The van der Waals surface area contributed by atoms with Crippen LogP contribution < -0.4 is 5.32 Å². The van der Waals surface area contributed by atoms with Gasteiger partial charge in [-0.05, 0) is 42.5 Å². The van der Waals surface area contributed by atoms with E-state index in [-0.39, 0.29) is 18.4 Å². The van der Waals surface area contributed by atoms with Crippen molar-refractivity contribution in [3.63, 3.8) is 0 Å². The number of amides is 2. The summed E-state index contributed by atoms with van der Waals surface area (Å²) in [4.78, 5) is 29.7. The van der Waals surface area contributed by atoms with Crippen molar-refractivity contribution in [2.24, 2.45) is 0 Å². The first-order chi connectivity index (χ1) is 13.2. The molecule has 0 spiro atoms. The lowest BCUT2D eigenvalue weighted by atomic mass is 9.89. The second-order valence-electron chi connectivity index (χ2n) is 6.99. The Morgan fingerprint density at radius 3 is 2.48 bits per heavy atom. The molecule has 1 aromatic heterocycles. The van der Waals surface area contributed by atoms with Gasteiger partial charge in [-0.3, -0.25) is 9.59 Å². The van der Waals surface area contributed by atoms with Crippen LogP contribution in [0.25, 0.3) is 10.9 Å². The number of likely N-dealkylation sites (tertiary alicyclic amines) is 1. The summed E-state index contributed by atoms with van der Waals surface area (Å²) in [5, 5.41) is 4.00. The molecule has 2 heterocycles. The molecule has 0 aliphatic carbocycles. The SMILES string of the molecule is O=C(NCC(=O)N1CCC(c2c[nH]c3ccccc23)CC1)c1ccccc1. The fourth-order valence-corrected chi connectivity index (χ4v) is 3.83. The van der Waals surface area contributed by atoms with Crippen molar-refractivity contribution < 1.29 is 9.59 Å². The summed E-state index contributed by atoms with van der Waals surface area (Å²) in [6.07, 6.45) is 3.99. The van der Waals surface area contributed by atoms with Crippen molar-refractivity contribution in [3.05, 3.63) is 71.9 Å². The van der Waals surface area contributed by atoms with Crippen LogP contribution in [-0.2, 0) is 4.79 Å². The van der Waals surface area contributed by atoms with Crippen LogP contribution in [0, 0.1) is 0 Å². The maximum Gasteiger partial charge on any atom is 0.251 e. The highest BCUT2D eigenvalue weighted by Crippen LogP contribution is 2.33. The summed E-state index contributed by atoms with van der Waals surface area (Å²) in [5.74, 6) is 0.235. The van der Waals surface area contributed by atoms with E-state index in [1.54, 1.807) is 12.1 Å². The number of hydrogen-bond donors (Lipinski definition) is 2. The standard InChI is InChI=1S/C22H23N3O2/c26-21(15-24-22(27)17-6-2-1-3-7-17)25-12-10-16(11-13-25)19-14-23-20-9-5-4-8-18(19)20/h1-9,14,16,23H,10-13,15H2,(H,24,27). The van der Waals surface area contributed by atoms with E-state index in [2.05, 4.69) is 34.7 Å². The number of carbonyl (C=O) groups excluding carboxylic acids is 2. The Balaban J connectivity index is 1.31. The van der Waals surface area contributed by atoms with Crippen LogP contribution in [0.1, 0.15) is 34.7 Å². The molecule has 2 N–H and O–H groups in total.